The average Bonchev–Trinajstić information content (AvgIpc) is 2.06. The summed E-state index contributed by atoms with van der Waals surface area (Å²) >= 11 is 0. The Morgan fingerprint density at radius 1 is 0.875 bits per heavy atom. The molecule has 4 N–H and O–H groups in total. The van der Waals surface area contributed by atoms with Crippen LogP contribution < -0.4 is 0 Å². The molecule has 1 aromatic carbocycles. The summed E-state index contributed by atoms with van der Waals surface area (Å²) < 4.78 is 0. The van der Waals surface area contributed by atoms with Crippen molar-refractivity contribution in [3.8, 4) is 5.75 Å². The van der Waals surface area contributed by atoms with Gasteiger partial charge in [-0.1, -0.05) is 18.2 Å². The van der Waals surface area contributed by atoms with Gasteiger partial charge in [0.05, 0.1) is 0 Å². The van der Waals surface area contributed by atoms with E-state index in [-0.39, 0.29) is 65.4 Å². The number of rotatable bonds is 0. The fourth-order valence-electron chi connectivity index (χ4n) is 0.428. The predicted octanol–water partition coefficient (Wildman–Crippen LogP) is 0.703. The van der Waals surface area contributed by atoms with Crippen molar-refractivity contribution in [1.82, 2.24) is 0 Å². The molecule has 0 aromatic heterocycles. The van der Waals surface area contributed by atoms with Crippen LogP contribution in [0.25, 0.3) is 0 Å². The van der Waals surface area contributed by atoms with E-state index in [1.807, 2.05) is 6.07 Å². The summed E-state index contributed by atoms with van der Waals surface area (Å²) in [6, 6.07) is 8.71. The maximum absolute atomic E-state index is 8.63. The molecule has 4 nitrogen and oxygen atoms in total. The van der Waals surface area contributed by atoms with Crippen molar-refractivity contribution in [3.63, 3.8) is 0 Å². The number of phenols is 1. The number of hydrogen-bond acceptors (Lipinski definition) is 4. The molecule has 1 rings (SSSR count). The molecule has 0 aliphatic carbocycles. The summed E-state index contributed by atoms with van der Waals surface area (Å²) in [6.07, 6.45) is 0. The van der Waals surface area contributed by atoms with E-state index in [1.165, 1.54) is 13.8 Å². The van der Waals surface area contributed by atoms with Gasteiger partial charge in [-0.05, 0) is 26.0 Å². The number of phenolic OH excluding ortho intramolecular Hbond substituents is 1. The Morgan fingerprint density at radius 2 is 1.12 bits per heavy atom. The molecule has 16 heavy (non-hydrogen) atoms. The molecule has 0 aliphatic rings. The first-order valence-electron chi connectivity index (χ1n) is 4.03. The molecule has 0 heterocycles. The zero-order valence-electron chi connectivity index (χ0n) is 9.83. The van der Waals surface area contributed by atoms with Crippen LogP contribution in [0.2, 0.25) is 0 Å². The van der Waals surface area contributed by atoms with Crippen LogP contribution in [0.15, 0.2) is 30.3 Å². The van der Waals surface area contributed by atoms with E-state index in [0.29, 0.717) is 5.75 Å². The third-order valence-electron chi connectivity index (χ3n) is 0.756. The first-order valence-corrected chi connectivity index (χ1v) is 4.03. The van der Waals surface area contributed by atoms with Gasteiger partial charge in [-0.2, -0.15) is 0 Å². The molecule has 2 radical (unpaired) electrons. The van der Waals surface area contributed by atoms with E-state index in [1.54, 1.807) is 24.3 Å². The molecule has 1 aromatic rings. The van der Waals surface area contributed by atoms with E-state index in [9.17, 15) is 0 Å². The molecule has 88 valence electrons. The second-order valence-corrected chi connectivity index (χ2v) is 2.83. The van der Waals surface area contributed by atoms with Crippen molar-refractivity contribution in [2.45, 2.75) is 19.6 Å². The molecule has 6 heteroatoms. The van der Waals surface area contributed by atoms with Gasteiger partial charge in [-0.3, -0.25) is 0 Å². The zero-order chi connectivity index (χ0) is 11.6. The van der Waals surface area contributed by atoms with Gasteiger partial charge in [0.2, 0.25) is 0 Å². The Labute approximate surface area is 147 Å². The number of para-hydroxylation sites is 1. The minimum atomic E-state index is -1.50. The number of hydrogen-bond donors (Lipinski definition) is 4. The summed E-state index contributed by atoms with van der Waals surface area (Å²) in [7, 11) is 1.00. The van der Waals surface area contributed by atoms with Crippen molar-refractivity contribution >= 4 is 0 Å². The molecule has 0 aliphatic heterocycles. The van der Waals surface area contributed by atoms with Gasteiger partial charge in [0.15, 0.2) is 5.79 Å². The third kappa shape index (κ3) is 36.2. The monoisotopic (exact) mass is 380 g/mol. The Kier molecular flexibility index (Phi) is 26.0. The molecule has 0 fully saturated rings. The van der Waals surface area contributed by atoms with Gasteiger partial charge >= 0.3 is 0 Å². The number of aromatic hydroxyl groups is 1. The molecule has 0 bridgehead atoms. The summed E-state index contributed by atoms with van der Waals surface area (Å²) in [4.78, 5) is 0. The maximum atomic E-state index is 8.63. The van der Waals surface area contributed by atoms with Crippen molar-refractivity contribution in [2.75, 3.05) is 7.11 Å². The predicted molar refractivity (Wildman–Crippen MR) is 54.8 cm³/mol. The van der Waals surface area contributed by atoms with E-state index < -0.39 is 5.79 Å². The van der Waals surface area contributed by atoms with Crippen molar-refractivity contribution in [1.29, 1.82) is 0 Å². The SMILES string of the molecule is CC(C)(O)O.CO.Oc1ccccc1.[Y].[Y]. The molecule has 0 atom stereocenters. The molecular weight excluding hydrogens is 362 g/mol. The van der Waals surface area contributed by atoms with Gasteiger partial charge in [0.25, 0.3) is 0 Å². The van der Waals surface area contributed by atoms with Crippen LogP contribution in [0.3, 0.4) is 0 Å². The van der Waals surface area contributed by atoms with E-state index in [4.69, 9.17) is 20.4 Å². The smallest absolute Gasteiger partial charge is 0.156 e. The second kappa shape index (κ2) is 16.1. The maximum Gasteiger partial charge on any atom is 0.156 e. The number of benzene rings is 1. The number of aliphatic hydroxyl groups excluding tert-OH is 1. The topological polar surface area (TPSA) is 80.9 Å². The minimum absolute atomic E-state index is 0. The Morgan fingerprint density at radius 3 is 1.25 bits per heavy atom. The first-order chi connectivity index (χ1) is 6.39. The fraction of sp³-hybridized carbons (Fsp3) is 0.400. The normalized spacial score (nSPS) is 7.88. The van der Waals surface area contributed by atoms with Gasteiger partial charge in [-0.25, -0.2) is 0 Å². The summed E-state index contributed by atoms with van der Waals surface area (Å²) in [5.74, 6) is -1.18. The molecule has 0 spiro atoms. The van der Waals surface area contributed by atoms with Crippen LogP contribution in [0.4, 0.5) is 0 Å². The van der Waals surface area contributed by atoms with Gasteiger partial charge < -0.3 is 20.4 Å². The van der Waals surface area contributed by atoms with Gasteiger partial charge in [0.1, 0.15) is 5.75 Å². The van der Waals surface area contributed by atoms with Crippen LogP contribution in [0.1, 0.15) is 13.8 Å². The van der Waals surface area contributed by atoms with Crippen molar-refractivity contribution in [3.05, 3.63) is 30.3 Å². The van der Waals surface area contributed by atoms with Crippen molar-refractivity contribution in [2.24, 2.45) is 0 Å². The van der Waals surface area contributed by atoms with Crippen LogP contribution in [-0.4, -0.2) is 33.3 Å². The molecule has 0 saturated carbocycles. The molecule has 0 unspecified atom stereocenters. The zero-order valence-corrected chi connectivity index (χ0v) is 15.5. The Hall–Kier alpha value is 1.11. The summed E-state index contributed by atoms with van der Waals surface area (Å²) in [5.41, 5.74) is 0. The largest absolute Gasteiger partial charge is 0.508 e. The molecular formula is C10H18O4Y2. The standard InChI is InChI=1S/C6H6O.C3H8O2.CH4O.2Y/c7-6-4-2-1-3-5-6;1-3(2,4)5;1-2;;/h1-5,7H;4-5H,1-2H3;2H,1H3;;. The van der Waals surface area contributed by atoms with Crippen LogP contribution in [0.5, 0.6) is 5.75 Å². The van der Waals surface area contributed by atoms with E-state index >= 15 is 0 Å². The van der Waals surface area contributed by atoms with Crippen molar-refractivity contribution < 1.29 is 85.8 Å². The van der Waals surface area contributed by atoms with E-state index in [0.717, 1.165) is 7.11 Å². The summed E-state index contributed by atoms with van der Waals surface area (Å²) in [5, 5.41) is 31.8. The third-order valence-corrected chi connectivity index (χ3v) is 0.756. The quantitative estimate of drug-likeness (QED) is 0.500. The Bertz CT molecular complexity index is 206. The number of aliphatic hydroxyl groups is 3. The van der Waals surface area contributed by atoms with Crippen LogP contribution in [-0.2, 0) is 65.4 Å². The molecule has 0 saturated heterocycles. The van der Waals surface area contributed by atoms with Crippen LogP contribution >= 0.6 is 0 Å². The van der Waals surface area contributed by atoms with Gasteiger partial charge in [-0.15, -0.1) is 0 Å². The first kappa shape index (κ1) is 25.8. The molecule has 0 amide bonds. The second-order valence-electron chi connectivity index (χ2n) is 2.83. The summed E-state index contributed by atoms with van der Waals surface area (Å²) in [6.45, 7) is 2.60. The minimum Gasteiger partial charge on any atom is -0.508 e. The van der Waals surface area contributed by atoms with E-state index in [2.05, 4.69) is 0 Å². The average molecular weight is 380 g/mol. The van der Waals surface area contributed by atoms with Crippen LogP contribution in [0, 0.1) is 0 Å². The Balaban J connectivity index is -0.0000000728. The van der Waals surface area contributed by atoms with Gasteiger partial charge in [0, 0.05) is 72.5 Å². The fourth-order valence-corrected chi connectivity index (χ4v) is 0.428.